The van der Waals surface area contributed by atoms with Gasteiger partial charge in [0.05, 0.1) is 12.8 Å². The number of rotatable bonds is 8. The van der Waals surface area contributed by atoms with Crippen LogP contribution in [0.15, 0.2) is 59.2 Å². The number of nitrogens with one attached hydrogen (secondary N) is 1. The Morgan fingerprint density at radius 2 is 1.83 bits per heavy atom. The van der Waals surface area contributed by atoms with Gasteiger partial charge in [-0.25, -0.2) is 0 Å². The molecule has 1 aromatic carbocycles. The normalized spacial score (nSPS) is 11.1. The molecule has 152 valence electrons. The van der Waals surface area contributed by atoms with Gasteiger partial charge in [-0.15, -0.1) is 10.2 Å². The molecule has 3 aromatic rings. The van der Waals surface area contributed by atoms with Crippen LogP contribution in [0.5, 0.6) is 11.6 Å². The first-order valence-electron chi connectivity index (χ1n) is 9.42. The van der Waals surface area contributed by atoms with Crippen LogP contribution in [-0.4, -0.2) is 35.9 Å². The van der Waals surface area contributed by atoms with E-state index in [1.165, 1.54) is 5.56 Å². The van der Waals surface area contributed by atoms with Gasteiger partial charge in [-0.2, -0.15) is 0 Å². The quantitative estimate of drug-likeness (QED) is 0.587. The summed E-state index contributed by atoms with van der Waals surface area (Å²) in [5, 5.41) is 10.8. The van der Waals surface area contributed by atoms with Gasteiger partial charge in [0.1, 0.15) is 18.1 Å². The summed E-state index contributed by atoms with van der Waals surface area (Å²) in [5.41, 5.74) is 1.93. The Morgan fingerprint density at radius 3 is 2.45 bits per heavy atom. The molecule has 29 heavy (non-hydrogen) atoms. The Morgan fingerprint density at radius 1 is 1.03 bits per heavy atom. The van der Waals surface area contributed by atoms with E-state index in [1.54, 1.807) is 30.5 Å². The number of amides is 1. The molecule has 0 unspecified atom stereocenters. The zero-order chi connectivity index (χ0) is 20.7. The summed E-state index contributed by atoms with van der Waals surface area (Å²) in [6, 6.07) is 14.8. The van der Waals surface area contributed by atoms with E-state index in [9.17, 15) is 4.79 Å². The number of carbonyl (C=O) groups is 1. The van der Waals surface area contributed by atoms with Gasteiger partial charge in [0.2, 0.25) is 5.88 Å². The molecule has 7 nitrogen and oxygen atoms in total. The third-order valence-electron chi connectivity index (χ3n) is 4.18. The summed E-state index contributed by atoms with van der Waals surface area (Å²) in [6.45, 7) is 7.02. The van der Waals surface area contributed by atoms with Crippen molar-refractivity contribution in [3.63, 3.8) is 0 Å². The summed E-state index contributed by atoms with van der Waals surface area (Å²) in [4.78, 5) is 11.9. The second kappa shape index (κ2) is 9.23. The summed E-state index contributed by atoms with van der Waals surface area (Å²) in [6.07, 6.45) is 1.58. The second-order valence-corrected chi connectivity index (χ2v) is 7.50. The molecule has 0 atom stereocenters. The topological polar surface area (TPSA) is 86.5 Å². The summed E-state index contributed by atoms with van der Waals surface area (Å²) >= 11 is 0. The van der Waals surface area contributed by atoms with Crippen LogP contribution in [0.25, 0.3) is 11.5 Å². The molecule has 0 aliphatic rings. The number of nitrogens with zero attached hydrogens (tertiary/aromatic N) is 2. The number of carbonyl (C=O) groups excluding carboxylic acids is 1. The molecule has 2 heterocycles. The maximum atomic E-state index is 11.9. The van der Waals surface area contributed by atoms with Crippen LogP contribution in [0.2, 0.25) is 0 Å². The highest BCUT2D eigenvalue weighted by molar-refractivity contribution is 5.77. The molecule has 0 fully saturated rings. The minimum absolute atomic E-state index is 0.0491. The van der Waals surface area contributed by atoms with Gasteiger partial charge in [-0.1, -0.05) is 32.9 Å². The summed E-state index contributed by atoms with van der Waals surface area (Å²) in [7, 11) is 0. The third-order valence-corrected chi connectivity index (χ3v) is 4.18. The molecule has 0 spiro atoms. The van der Waals surface area contributed by atoms with Crippen molar-refractivity contribution >= 4 is 5.91 Å². The average Bonchev–Trinajstić information content (AvgIpc) is 3.25. The molecule has 0 saturated carbocycles. The van der Waals surface area contributed by atoms with Crippen LogP contribution in [0, 0.1) is 0 Å². The van der Waals surface area contributed by atoms with E-state index in [2.05, 4.69) is 36.3 Å². The number of benzene rings is 1. The van der Waals surface area contributed by atoms with Crippen molar-refractivity contribution in [1.29, 1.82) is 0 Å². The van der Waals surface area contributed by atoms with Crippen LogP contribution >= 0.6 is 0 Å². The van der Waals surface area contributed by atoms with Crippen LogP contribution in [-0.2, 0) is 10.2 Å². The fourth-order valence-electron chi connectivity index (χ4n) is 2.55. The molecule has 2 aromatic heterocycles. The predicted molar refractivity (Wildman–Crippen MR) is 109 cm³/mol. The molecule has 3 rings (SSSR count). The fraction of sp³-hybridized carbons (Fsp3) is 0.318. The minimum atomic E-state index is -0.215. The molecular weight excluding hydrogens is 370 g/mol. The number of furan rings is 1. The lowest BCUT2D eigenvalue weighted by molar-refractivity contribution is -0.123. The van der Waals surface area contributed by atoms with E-state index in [4.69, 9.17) is 13.9 Å². The standard InChI is InChI=1S/C22H25N3O4/c1-22(2,3)16-6-8-17(9-7-16)29-15-20(26)23-12-14-28-21-11-10-18(24-25-21)19-5-4-13-27-19/h4-11,13H,12,14-15H2,1-3H3,(H,23,26). The van der Waals surface area contributed by atoms with Gasteiger partial charge in [-0.3, -0.25) is 4.79 Å². The number of ether oxygens (including phenoxy) is 2. The van der Waals surface area contributed by atoms with Gasteiger partial charge in [0.15, 0.2) is 12.4 Å². The van der Waals surface area contributed by atoms with Gasteiger partial charge >= 0.3 is 0 Å². The zero-order valence-electron chi connectivity index (χ0n) is 16.8. The zero-order valence-corrected chi connectivity index (χ0v) is 16.8. The first kappa shape index (κ1) is 20.4. The van der Waals surface area contributed by atoms with Crippen molar-refractivity contribution in [1.82, 2.24) is 15.5 Å². The van der Waals surface area contributed by atoms with Crippen molar-refractivity contribution in [3.05, 3.63) is 60.4 Å². The molecule has 0 aliphatic carbocycles. The van der Waals surface area contributed by atoms with Crippen molar-refractivity contribution in [2.75, 3.05) is 19.8 Å². The molecule has 0 aliphatic heterocycles. The Kier molecular flexibility index (Phi) is 6.49. The second-order valence-electron chi connectivity index (χ2n) is 7.50. The van der Waals surface area contributed by atoms with E-state index in [0.29, 0.717) is 29.6 Å². The van der Waals surface area contributed by atoms with E-state index >= 15 is 0 Å². The summed E-state index contributed by atoms with van der Waals surface area (Å²) in [5.74, 6) is 1.47. The van der Waals surface area contributed by atoms with Crippen LogP contribution in [0.3, 0.4) is 0 Å². The third kappa shape index (κ3) is 6.07. The monoisotopic (exact) mass is 395 g/mol. The fourth-order valence-corrected chi connectivity index (χ4v) is 2.55. The molecular formula is C22H25N3O4. The number of hydrogen-bond donors (Lipinski definition) is 1. The highest BCUT2D eigenvalue weighted by Crippen LogP contribution is 2.24. The van der Waals surface area contributed by atoms with Crippen LogP contribution in [0.1, 0.15) is 26.3 Å². The number of aromatic nitrogens is 2. The SMILES string of the molecule is CC(C)(C)c1ccc(OCC(=O)NCCOc2ccc(-c3ccco3)nn2)cc1. The van der Waals surface area contributed by atoms with Gasteiger partial charge in [0.25, 0.3) is 5.91 Å². The Hall–Kier alpha value is -3.35. The van der Waals surface area contributed by atoms with Crippen molar-refractivity contribution in [3.8, 4) is 23.1 Å². The maximum Gasteiger partial charge on any atom is 0.258 e. The smallest absolute Gasteiger partial charge is 0.258 e. The molecule has 0 bridgehead atoms. The van der Waals surface area contributed by atoms with Gasteiger partial charge in [0, 0.05) is 6.07 Å². The first-order chi connectivity index (χ1) is 13.9. The van der Waals surface area contributed by atoms with Crippen molar-refractivity contribution in [2.24, 2.45) is 0 Å². The van der Waals surface area contributed by atoms with Crippen molar-refractivity contribution < 1.29 is 18.7 Å². The Labute approximate surface area is 170 Å². The molecule has 0 saturated heterocycles. The number of hydrogen-bond acceptors (Lipinski definition) is 6. The average molecular weight is 395 g/mol. The first-order valence-corrected chi connectivity index (χ1v) is 9.42. The Bertz CT molecular complexity index is 899. The van der Waals surface area contributed by atoms with E-state index in [-0.39, 0.29) is 24.5 Å². The predicted octanol–water partition coefficient (Wildman–Crippen LogP) is 3.61. The highest BCUT2D eigenvalue weighted by Gasteiger charge is 2.13. The largest absolute Gasteiger partial charge is 0.484 e. The lowest BCUT2D eigenvalue weighted by atomic mass is 9.87. The van der Waals surface area contributed by atoms with Gasteiger partial charge in [-0.05, 0) is 41.3 Å². The van der Waals surface area contributed by atoms with Crippen LogP contribution < -0.4 is 14.8 Å². The molecule has 1 N–H and O–H groups in total. The lowest BCUT2D eigenvalue weighted by Crippen LogP contribution is -2.32. The van der Waals surface area contributed by atoms with E-state index < -0.39 is 0 Å². The lowest BCUT2D eigenvalue weighted by Gasteiger charge is -2.19. The van der Waals surface area contributed by atoms with E-state index in [1.807, 2.05) is 24.3 Å². The minimum Gasteiger partial charge on any atom is -0.484 e. The summed E-state index contributed by atoms with van der Waals surface area (Å²) < 4.78 is 16.2. The molecule has 7 heteroatoms. The molecule has 1 amide bonds. The van der Waals surface area contributed by atoms with Gasteiger partial charge < -0.3 is 19.2 Å². The van der Waals surface area contributed by atoms with Crippen molar-refractivity contribution in [2.45, 2.75) is 26.2 Å². The Balaban J connectivity index is 1.35. The maximum absolute atomic E-state index is 11.9. The molecule has 0 radical (unpaired) electrons. The van der Waals surface area contributed by atoms with Crippen LogP contribution in [0.4, 0.5) is 0 Å². The highest BCUT2D eigenvalue weighted by atomic mass is 16.5. The van der Waals surface area contributed by atoms with E-state index in [0.717, 1.165) is 0 Å².